The van der Waals surface area contributed by atoms with Gasteiger partial charge in [-0.05, 0) is 19.1 Å². The maximum atomic E-state index is 14.1. The highest BCUT2D eigenvalue weighted by molar-refractivity contribution is 7.98. The summed E-state index contributed by atoms with van der Waals surface area (Å²) in [6.45, 7) is 6.60. The van der Waals surface area contributed by atoms with Gasteiger partial charge in [-0.25, -0.2) is 4.39 Å². The molecule has 0 saturated heterocycles. The Morgan fingerprint density at radius 1 is 1.29 bits per heavy atom. The summed E-state index contributed by atoms with van der Waals surface area (Å²) < 4.78 is 28.0. The molecule has 0 unspecified atom stereocenters. The standard InChI is InChI=1S/C21H20FN3O2S/c1-3-9-25-14(2)23-24-21(25)28-13-17-11-18(22)10-16-12-26-20(27-19(16)17)15-7-5-4-6-8-15/h3-8,10-11,20H,1,9,12-13H2,2H3/t20-/m0/s1. The van der Waals surface area contributed by atoms with Crippen molar-refractivity contribution < 1.29 is 13.9 Å². The van der Waals surface area contributed by atoms with E-state index in [0.717, 1.165) is 22.1 Å². The van der Waals surface area contributed by atoms with Crippen LogP contribution in [0.2, 0.25) is 0 Å². The second kappa shape index (κ2) is 8.16. The third kappa shape index (κ3) is 3.81. The first-order valence-corrected chi connectivity index (χ1v) is 9.92. The highest BCUT2D eigenvalue weighted by Crippen LogP contribution is 2.38. The minimum Gasteiger partial charge on any atom is -0.460 e. The van der Waals surface area contributed by atoms with Gasteiger partial charge in [0.1, 0.15) is 17.4 Å². The van der Waals surface area contributed by atoms with Crippen LogP contribution in [0.1, 0.15) is 28.8 Å². The molecule has 0 amide bonds. The third-order valence-electron chi connectivity index (χ3n) is 4.46. The van der Waals surface area contributed by atoms with Gasteiger partial charge < -0.3 is 14.0 Å². The molecule has 0 saturated carbocycles. The lowest BCUT2D eigenvalue weighted by Crippen LogP contribution is -2.19. The number of hydrogen-bond acceptors (Lipinski definition) is 5. The van der Waals surface area contributed by atoms with Gasteiger partial charge in [-0.2, -0.15) is 0 Å². The first-order valence-electron chi connectivity index (χ1n) is 8.93. The van der Waals surface area contributed by atoms with Crippen LogP contribution in [0.3, 0.4) is 0 Å². The Hall–Kier alpha value is -2.64. The summed E-state index contributed by atoms with van der Waals surface area (Å²) in [5.41, 5.74) is 2.42. The minimum absolute atomic E-state index is 0.302. The predicted octanol–water partition coefficient (Wildman–Crippen LogP) is 4.81. The van der Waals surface area contributed by atoms with Crippen molar-refractivity contribution in [3.8, 4) is 5.75 Å². The molecule has 3 aromatic rings. The molecule has 1 atom stereocenters. The molecule has 2 heterocycles. The van der Waals surface area contributed by atoms with Crippen molar-refractivity contribution in [3.63, 3.8) is 0 Å². The second-order valence-corrected chi connectivity index (χ2v) is 7.38. The molecular weight excluding hydrogens is 377 g/mol. The Kier molecular flexibility index (Phi) is 5.45. The molecule has 0 fully saturated rings. The smallest absolute Gasteiger partial charge is 0.227 e. The van der Waals surface area contributed by atoms with Crippen molar-refractivity contribution in [1.29, 1.82) is 0 Å². The van der Waals surface area contributed by atoms with Crippen molar-refractivity contribution >= 4 is 11.8 Å². The van der Waals surface area contributed by atoms with E-state index >= 15 is 0 Å². The van der Waals surface area contributed by atoms with E-state index in [1.807, 2.05) is 41.8 Å². The molecule has 144 valence electrons. The number of halogens is 1. The number of aromatic nitrogens is 3. The lowest BCUT2D eigenvalue weighted by molar-refractivity contribution is -0.112. The fourth-order valence-corrected chi connectivity index (χ4v) is 4.07. The maximum absolute atomic E-state index is 14.1. The molecule has 2 aromatic carbocycles. The number of allylic oxidation sites excluding steroid dienone is 1. The Balaban J connectivity index is 1.59. The van der Waals surface area contributed by atoms with E-state index in [0.29, 0.717) is 30.2 Å². The monoisotopic (exact) mass is 397 g/mol. The molecule has 0 spiro atoms. The highest BCUT2D eigenvalue weighted by atomic mass is 32.2. The average Bonchev–Trinajstić information content (AvgIpc) is 3.06. The van der Waals surface area contributed by atoms with Crippen LogP contribution in [-0.2, 0) is 23.6 Å². The topological polar surface area (TPSA) is 49.2 Å². The largest absolute Gasteiger partial charge is 0.460 e. The summed E-state index contributed by atoms with van der Waals surface area (Å²) in [7, 11) is 0. The molecule has 28 heavy (non-hydrogen) atoms. The summed E-state index contributed by atoms with van der Waals surface area (Å²) >= 11 is 1.49. The number of aryl methyl sites for hydroxylation is 1. The number of fused-ring (bicyclic) bond motifs is 1. The number of benzene rings is 2. The van der Waals surface area contributed by atoms with Crippen LogP contribution in [-0.4, -0.2) is 14.8 Å². The number of nitrogens with zero attached hydrogens (tertiary/aromatic N) is 3. The third-order valence-corrected chi connectivity index (χ3v) is 5.48. The van der Waals surface area contributed by atoms with E-state index in [1.165, 1.54) is 23.9 Å². The number of thioether (sulfide) groups is 1. The van der Waals surface area contributed by atoms with Gasteiger partial charge in [0, 0.05) is 29.0 Å². The van der Waals surface area contributed by atoms with Crippen molar-refractivity contribution in [2.75, 3.05) is 0 Å². The summed E-state index contributed by atoms with van der Waals surface area (Å²) in [5.74, 6) is 1.71. The molecule has 7 heteroatoms. The minimum atomic E-state index is -0.505. The predicted molar refractivity (Wildman–Crippen MR) is 106 cm³/mol. The number of ether oxygens (including phenoxy) is 2. The molecule has 0 N–H and O–H groups in total. The first-order chi connectivity index (χ1) is 13.7. The van der Waals surface area contributed by atoms with E-state index in [1.54, 1.807) is 6.08 Å². The zero-order valence-electron chi connectivity index (χ0n) is 15.5. The molecular formula is C21H20FN3O2S. The van der Waals surface area contributed by atoms with E-state index in [2.05, 4.69) is 16.8 Å². The van der Waals surface area contributed by atoms with Gasteiger partial charge in [-0.3, -0.25) is 0 Å². The molecule has 1 aliphatic heterocycles. The maximum Gasteiger partial charge on any atom is 0.227 e. The van der Waals surface area contributed by atoms with Gasteiger partial charge in [0.15, 0.2) is 5.16 Å². The highest BCUT2D eigenvalue weighted by Gasteiger charge is 2.25. The van der Waals surface area contributed by atoms with Crippen LogP contribution in [0, 0.1) is 12.7 Å². The van der Waals surface area contributed by atoms with Crippen molar-refractivity contribution in [2.24, 2.45) is 0 Å². The molecule has 1 aliphatic rings. The Morgan fingerprint density at radius 2 is 2.11 bits per heavy atom. The van der Waals surface area contributed by atoms with Gasteiger partial charge in [0.2, 0.25) is 6.29 Å². The van der Waals surface area contributed by atoms with Crippen molar-refractivity contribution in [1.82, 2.24) is 14.8 Å². The van der Waals surface area contributed by atoms with Crippen LogP contribution in [0.15, 0.2) is 60.3 Å². The zero-order valence-corrected chi connectivity index (χ0v) is 16.3. The molecule has 4 rings (SSSR count). The normalized spacial score (nSPS) is 15.7. The van der Waals surface area contributed by atoms with E-state index in [9.17, 15) is 4.39 Å². The van der Waals surface area contributed by atoms with Crippen LogP contribution >= 0.6 is 11.8 Å². The summed E-state index contributed by atoms with van der Waals surface area (Å²) in [5, 5.41) is 9.10. The number of rotatable bonds is 6. The van der Waals surface area contributed by atoms with Gasteiger partial charge >= 0.3 is 0 Å². The fourth-order valence-electron chi connectivity index (χ4n) is 3.11. The quantitative estimate of drug-likeness (QED) is 0.441. The molecule has 0 bridgehead atoms. The Bertz CT molecular complexity index is 991. The average molecular weight is 397 g/mol. The molecule has 5 nitrogen and oxygen atoms in total. The molecule has 0 aliphatic carbocycles. The van der Waals surface area contributed by atoms with Gasteiger partial charge in [-0.15, -0.1) is 16.8 Å². The van der Waals surface area contributed by atoms with Gasteiger partial charge in [0.25, 0.3) is 0 Å². The lowest BCUT2D eigenvalue weighted by Gasteiger charge is -2.28. The second-order valence-electron chi connectivity index (χ2n) is 6.44. The lowest BCUT2D eigenvalue weighted by atomic mass is 10.1. The van der Waals surface area contributed by atoms with Crippen molar-refractivity contribution in [3.05, 3.63) is 83.5 Å². The van der Waals surface area contributed by atoms with Crippen molar-refractivity contribution in [2.45, 2.75) is 37.3 Å². The van der Waals surface area contributed by atoms with Crippen LogP contribution in [0.25, 0.3) is 0 Å². The summed E-state index contributed by atoms with van der Waals surface area (Å²) in [6.07, 6.45) is 1.30. The van der Waals surface area contributed by atoms with Gasteiger partial charge in [0.05, 0.1) is 6.61 Å². The Morgan fingerprint density at radius 3 is 2.89 bits per heavy atom. The summed E-state index contributed by atoms with van der Waals surface area (Å²) in [6, 6.07) is 12.7. The first kappa shape index (κ1) is 18.7. The SMILES string of the molecule is C=CCn1c(C)nnc1SCc1cc(F)cc2c1O[C@@H](c1ccccc1)OC2. The molecule has 0 radical (unpaired) electrons. The van der Waals surface area contributed by atoms with E-state index in [-0.39, 0.29) is 5.82 Å². The Labute approximate surface area is 167 Å². The van der Waals surface area contributed by atoms with Crippen LogP contribution in [0.5, 0.6) is 5.75 Å². The van der Waals surface area contributed by atoms with Crippen LogP contribution < -0.4 is 4.74 Å². The fraction of sp³-hybridized carbons (Fsp3) is 0.238. The number of hydrogen-bond donors (Lipinski definition) is 0. The zero-order chi connectivity index (χ0) is 19.5. The van der Waals surface area contributed by atoms with E-state index in [4.69, 9.17) is 9.47 Å². The van der Waals surface area contributed by atoms with E-state index < -0.39 is 6.29 Å². The summed E-state index contributed by atoms with van der Waals surface area (Å²) in [4.78, 5) is 0. The van der Waals surface area contributed by atoms with Crippen LogP contribution in [0.4, 0.5) is 4.39 Å². The van der Waals surface area contributed by atoms with Gasteiger partial charge in [-0.1, -0.05) is 48.2 Å². The molecule has 1 aromatic heterocycles.